The van der Waals surface area contributed by atoms with E-state index in [9.17, 15) is 0 Å². The Labute approximate surface area is 63.4 Å². The molecule has 10 heavy (non-hydrogen) atoms. The second-order valence-corrected chi connectivity index (χ2v) is 4.32. The fraction of sp³-hybridized carbons (Fsp3) is 1.00. The fourth-order valence-corrected chi connectivity index (χ4v) is 2.39. The third-order valence-corrected chi connectivity index (χ3v) is 3.17. The van der Waals surface area contributed by atoms with Gasteiger partial charge < -0.3 is 4.90 Å². The van der Waals surface area contributed by atoms with Crippen LogP contribution in [0, 0.1) is 17.8 Å². The van der Waals surface area contributed by atoms with Gasteiger partial charge in [0.15, 0.2) is 0 Å². The van der Waals surface area contributed by atoms with Crippen LogP contribution in [0.5, 0.6) is 0 Å². The maximum absolute atomic E-state index is 2.42. The third kappa shape index (κ3) is 0.968. The lowest BCUT2D eigenvalue weighted by Gasteiger charge is -2.47. The van der Waals surface area contributed by atoms with E-state index >= 15 is 0 Å². The maximum atomic E-state index is 2.42. The largest absolute Gasteiger partial charge is 0.306 e. The van der Waals surface area contributed by atoms with Crippen molar-refractivity contribution in [2.75, 3.05) is 20.1 Å². The van der Waals surface area contributed by atoms with Gasteiger partial charge in [0, 0.05) is 13.1 Å². The minimum atomic E-state index is 1.04. The lowest BCUT2D eigenvalue weighted by atomic mass is 9.67. The van der Waals surface area contributed by atoms with E-state index < -0.39 is 0 Å². The Hall–Kier alpha value is -0.0400. The third-order valence-electron chi connectivity index (χ3n) is 3.17. The Morgan fingerprint density at radius 1 is 1.10 bits per heavy atom. The van der Waals surface area contributed by atoms with Crippen molar-refractivity contribution in [2.24, 2.45) is 17.8 Å². The highest BCUT2D eigenvalue weighted by Crippen LogP contribution is 2.41. The van der Waals surface area contributed by atoms with E-state index in [0.717, 1.165) is 17.8 Å². The van der Waals surface area contributed by atoms with E-state index in [0.29, 0.717) is 0 Å². The zero-order valence-electron chi connectivity index (χ0n) is 7.01. The molecule has 0 atom stereocenters. The van der Waals surface area contributed by atoms with Gasteiger partial charge in [-0.05, 0) is 37.6 Å². The Bertz CT molecular complexity index is 105. The summed E-state index contributed by atoms with van der Waals surface area (Å²) in [5.41, 5.74) is 0. The highest BCUT2D eigenvalue weighted by Gasteiger charge is 2.37. The molecule has 0 unspecified atom stereocenters. The van der Waals surface area contributed by atoms with Gasteiger partial charge in [0.05, 0.1) is 0 Å². The van der Waals surface area contributed by atoms with Crippen LogP contribution >= 0.6 is 0 Å². The van der Waals surface area contributed by atoms with Crippen molar-refractivity contribution in [3.05, 3.63) is 0 Å². The molecule has 0 amide bonds. The number of hydrogen-bond acceptors (Lipinski definition) is 1. The molecule has 0 aromatic carbocycles. The molecule has 1 heteroatoms. The van der Waals surface area contributed by atoms with Crippen molar-refractivity contribution in [1.82, 2.24) is 4.90 Å². The minimum absolute atomic E-state index is 1.04. The molecule has 0 bridgehead atoms. The maximum Gasteiger partial charge on any atom is 0.00216 e. The van der Waals surface area contributed by atoms with Crippen LogP contribution in [-0.2, 0) is 0 Å². The predicted octanol–water partition coefficient (Wildman–Crippen LogP) is 1.59. The molecule has 0 aromatic heterocycles. The molecular formula is C9H17N. The Morgan fingerprint density at radius 3 is 2.10 bits per heavy atom. The van der Waals surface area contributed by atoms with E-state index in [1.807, 2.05) is 0 Å². The van der Waals surface area contributed by atoms with Crippen molar-refractivity contribution in [3.8, 4) is 0 Å². The van der Waals surface area contributed by atoms with Crippen LogP contribution in [-0.4, -0.2) is 25.0 Å². The Kier molecular flexibility index (Phi) is 1.48. The first kappa shape index (κ1) is 6.66. The van der Waals surface area contributed by atoms with Crippen molar-refractivity contribution >= 4 is 0 Å². The SMILES string of the molecule is CC1CC(C2CN(C)C2)C1. The highest BCUT2D eigenvalue weighted by molar-refractivity contribution is 4.89. The molecule has 1 nitrogen and oxygen atoms in total. The average molecular weight is 139 g/mol. The van der Waals surface area contributed by atoms with Crippen LogP contribution in [0.1, 0.15) is 19.8 Å². The highest BCUT2D eigenvalue weighted by atomic mass is 15.2. The quantitative estimate of drug-likeness (QED) is 0.533. The van der Waals surface area contributed by atoms with Crippen LogP contribution in [0.25, 0.3) is 0 Å². The molecule has 0 N–H and O–H groups in total. The molecule has 58 valence electrons. The summed E-state index contributed by atoms with van der Waals surface area (Å²) in [6.45, 7) is 5.12. The van der Waals surface area contributed by atoms with E-state index in [2.05, 4.69) is 18.9 Å². The molecule has 2 aliphatic rings. The van der Waals surface area contributed by atoms with Gasteiger partial charge in [0.1, 0.15) is 0 Å². The molecule has 1 aliphatic carbocycles. The second kappa shape index (κ2) is 2.23. The van der Waals surface area contributed by atoms with Gasteiger partial charge in [-0.25, -0.2) is 0 Å². The first-order valence-corrected chi connectivity index (χ1v) is 4.44. The van der Waals surface area contributed by atoms with Crippen molar-refractivity contribution in [3.63, 3.8) is 0 Å². The lowest BCUT2D eigenvalue weighted by molar-refractivity contribution is 0.0220. The van der Waals surface area contributed by atoms with Gasteiger partial charge in [0.25, 0.3) is 0 Å². The fourth-order valence-electron chi connectivity index (χ4n) is 2.39. The van der Waals surface area contributed by atoms with Gasteiger partial charge >= 0.3 is 0 Å². The van der Waals surface area contributed by atoms with Gasteiger partial charge in [0.2, 0.25) is 0 Å². The summed E-state index contributed by atoms with van der Waals surface area (Å²) in [5, 5.41) is 0. The summed E-state index contributed by atoms with van der Waals surface area (Å²) >= 11 is 0. The minimum Gasteiger partial charge on any atom is -0.306 e. The molecule has 1 saturated carbocycles. The molecule has 2 fully saturated rings. The topological polar surface area (TPSA) is 3.24 Å². The summed E-state index contributed by atoms with van der Waals surface area (Å²) in [5.74, 6) is 3.21. The summed E-state index contributed by atoms with van der Waals surface area (Å²) in [4.78, 5) is 2.42. The predicted molar refractivity (Wildman–Crippen MR) is 42.9 cm³/mol. The second-order valence-electron chi connectivity index (χ2n) is 4.32. The molecule has 2 rings (SSSR count). The molecule has 0 spiro atoms. The first-order chi connectivity index (χ1) is 4.75. The Balaban J connectivity index is 1.72. The van der Waals surface area contributed by atoms with Gasteiger partial charge in [-0.3, -0.25) is 0 Å². The van der Waals surface area contributed by atoms with Crippen molar-refractivity contribution in [1.29, 1.82) is 0 Å². The van der Waals surface area contributed by atoms with E-state index in [1.54, 1.807) is 0 Å². The molecule has 0 aromatic rings. The van der Waals surface area contributed by atoms with E-state index in [1.165, 1.54) is 25.9 Å². The van der Waals surface area contributed by atoms with Crippen molar-refractivity contribution < 1.29 is 0 Å². The molecule has 1 saturated heterocycles. The normalized spacial score (nSPS) is 42.6. The average Bonchev–Trinajstić information content (AvgIpc) is 1.74. The summed E-state index contributed by atoms with van der Waals surface area (Å²) in [7, 11) is 2.22. The van der Waals surface area contributed by atoms with Crippen LogP contribution in [0.15, 0.2) is 0 Å². The van der Waals surface area contributed by atoms with Crippen LogP contribution < -0.4 is 0 Å². The van der Waals surface area contributed by atoms with Crippen LogP contribution in [0.4, 0.5) is 0 Å². The first-order valence-electron chi connectivity index (χ1n) is 4.44. The molecule has 1 heterocycles. The zero-order valence-corrected chi connectivity index (χ0v) is 7.01. The van der Waals surface area contributed by atoms with Crippen LogP contribution in [0.3, 0.4) is 0 Å². The van der Waals surface area contributed by atoms with Crippen molar-refractivity contribution in [2.45, 2.75) is 19.8 Å². The van der Waals surface area contributed by atoms with E-state index in [4.69, 9.17) is 0 Å². The summed E-state index contributed by atoms with van der Waals surface area (Å²) in [6, 6.07) is 0. The zero-order chi connectivity index (χ0) is 7.14. The smallest absolute Gasteiger partial charge is 0.00216 e. The van der Waals surface area contributed by atoms with E-state index in [-0.39, 0.29) is 0 Å². The Morgan fingerprint density at radius 2 is 1.70 bits per heavy atom. The summed E-state index contributed by atoms with van der Waals surface area (Å²) < 4.78 is 0. The van der Waals surface area contributed by atoms with Gasteiger partial charge in [-0.2, -0.15) is 0 Å². The standard InChI is InChI=1S/C9H17N/c1-7-3-8(4-7)9-5-10(2)6-9/h7-9H,3-6H2,1-2H3. The number of rotatable bonds is 1. The number of hydrogen-bond donors (Lipinski definition) is 0. The monoisotopic (exact) mass is 139 g/mol. The number of likely N-dealkylation sites (tertiary alicyclic amines) is 1. The molecular weight excluding hydrogens is 122 g/mol. The lowest BCUT2D eigenvalue weighted by Crippen LogP contribution is -2.50. The van der Waals surface area contributed by atoms with Crippen LogP contribution in [0.2, 0.25) is 0 Å². The van der Waals surface area contributed by atoms with Gasteiger partial charge in [-0.1, -0.05) is 6.92 Å². The number of nitrogens with zero attached hydrogens (tertiary/aromatic N) is 1. The molecule has 1 aliphatic heterocycles. The molecule has 0 radical (unpaired) electrons. The van der Waals surface area contributed by atoms with Gasteiger partial charge in [-0.15, -0.1) is 0 Å². The summed E-state index contributed by atoms with van der Waals surface area (Å²) in [6.07, 6.45) is 3.02.